The molecule has 1 saturated heterocycles. The van der Waals surface area contributed by atoms with Gasteiger partial charge in [0.1, 0.15) is 5.60 Å². The summed E-state index contributed by atoms with van der Waals surface area (Å²) in [5.74, 6) is 0. The highest BCUT2D eigenvalue weighted by Crippen LogP contribution is 2.26. The molecule has 0 unspecified atom stereocenters. The lowest BCUT2D eigenvalue weighted by Gasteiger charge is -2.27. The Morgan fingerprint density at radius 2 is 1.88 bits per heavy atom. The number of benzene rings is 1. The van der Waals surface area contributed by atoms with Crippen molar-refractivity contribution in [2.45, 2.75) is 56.8 Å². The molecule has 0 saturated carbocycles. The van der Waals surface area contributed by atoms with E-state index in [0.29, 0.717) is 6.42 Å². The van der Waals surface area contributed by atoms with Crippen molar-refractivity contribution in [1.82, 2.24) is 4.90 Å². The second-order valence-electron chi connectivity index (χ2n) is 7.16. The molecule has 0 aromatic heterocycles. The fourth-order valence-electron chi connectivity index (χ4n) is 2.59. The molecule has 7 heteroatoms. The Labute approximate surface area is 149 Å². The monoisotopic (exact) mass is 367 g/mol. The SMILES string of the molecule is C=C[C@@H]1C[C@@H](OS(=O)(=O)c2ccc(C)cc2)CN1C(=O)OC(C)(C)C. The second kappa shape index (κ2) is 7.17. The highest BCUT2D eigenvalue weighted by Gasteiger charge is 2.38. The van der Waals surface area contributed by atoms with Gasteiger partial charge in [-0.15, -0.1) is 6.58 Å². The highest BCUT2D eigenvalue weighted by atomic mass is 32.2. The van der Waals surface area contributed by atoms with Crippen LogP contribution in [0.15, 0.2) is 41.8 Å². The maximum atomic E-state index is 12.4. The van der Waals surface area contributed by atoms with Gasteiger partial charge >= 0.3 is 6.09 Å². The molecule has 1 aromatic carbocycles. The van der Waals surface area contributed by atoms with Crippen molar-refractivity contribution in [1.29, 1.82) is 0 Å². The Kier molecular flexibility index (Phi) is 5.58. The molecule has 138 valence electrons. The lowest BCUT2D eigenvalue weighted by atomic mass is 10.2. The summed E-state index contributed by atoms with van der Waals surface area (Å²) in [6, 6.07) is 6.12. The van der Waals surface area contributed by atoms with Crippen LogP contribution in [0.4, 0.5) is 4.79 Å². The third-order valence-corrected chi connectivity index (χ3v) is 5.15. The number of rotatable bonds is 4. The first-order chi connectivity index (χ1) is 11.5. The first kappa shape index (κ1) is 19.5. The van der Waals surface area contributed by atoms with Crippen molar-refractivity contribution in [2.75, 3.05) is 6.54 Å². The van der Waals surface area contributed by atoms with Gasteiger partial charge in [0.05, 0.1) is 23.6 Å². The Bertz CT molecular complexity index is 734. The van der Waals surface area contributed by atoms with E-state index >= 15 is 0 Å². The first-order valence-electron chi connectivity index (χ1n) is 8.14. The standard InChI is InChI=1S/C18H25NO5S/c1-6-14-11-15(12-19(14)17(20)23-18(3,4)5)24-25(21,22)16-9-7-13(2)8-10-16/h6-10,14-15H,1,11-12H2,2-5H3/t14-,15-/m1/s1. The minimum atomic E-state index is -3.89. The van der Waals surface area contributed by atoms with Crippen molar-refractivity contribution in [3.05, 3.63) is 42.5 Å². The number of carbonyl (C=O) groups excluding carboxylic acids is 1. The molecular formula is C18H25NO5S. The van der Waals surface area contributed by atoms with Gasteiger partial charge in [0.15, 0.2) is 0 Å². The van der Waals surface area contributed by atoms with Crippen LogP contribution in [0.5, 0.6) is 0 Å². The summed E-state index contributed by atoms with van der Waals surface area (Å²) in [7, 11) is -3.89. The smallest absolute Gasteiger partial charge is 0.410 e. The molecule has 1 aromatic rings. The zero-order valence-corrected chi connectivity index (χ0v) is 15.9. The molecule has 25 heavy (non-hydrogen) atoms. The number of carbonyl (C=O) groups is 1. The van der Waals surface area contributed by atoms with Crippen LogP contribution in [0.1, 0.15) is 32.8 Å². The van der Waals surface area contributed by atoms with Crippen molar-refractivity contribution < 1.29 is 22.1 Å². The minimum absolute atomic E-state index is 0.101. The summed E-state index contributed by atoms with van der Waals surface area (Å²) < 4.78 is 35.5. The number of aryl methyl sites for hydroxylation is 1. The van der Waals surface area contributed by atoms with Gasteiger partial charge in [-0.1, -0.05) is 23.8 Å². The Morgan fingerprint density at radius 1 is 1.28 bits per heavy atom. The molecule has 6 nitrogen and oxygen atoms in total. The van der Waals surface area contributed by atoms with Crippen LogP contribution in [0.3, 0.4) is 0 Å². The maximum Gasteiger partial charge on any atom is 0.410 e. The number of hydrogen-bond acceptors (Lipinski definition) is 5. The van der Waals surface area contributed by atoms with E-state index in [2.05, 4.69) is 6.58 Å². The van der Waals surface area contributed by atoms with Gasteiger partial charge in [-0.25, -0.2) is 4.79 Å². The molecule has 1 heterocycles. The van der Waals surface area contributed by atoms with E-state index in [1.54, 1.807) is 39.0 Å². The Hall–Kier alpha value is -1.86. The topological polar surface area (TPSA) is 72.9 Å². The van der Waals surface area contributed by atoms with E-state index < -0.39 is 27.9 Å². The molecular weight excluding hydrogens is 342 g/mol. The van der Waals surface area contributed by atoms with Crippen LogP contribution in [0.2, 0.25) is 0 Å². The predicted octanol–water partition coefficient (Wildman–Crippen LogP) is 3.26. The van der Waals surface area contributed by atoms with Crippen molar-refractivity contribution >= 4 is 16.2 Å². The summed E-state index contributed by atoms with van der Waals surface area (Å²) in [5, 5.41) is 0. The summed E-state index contributed by atoms with van der Waals surface area (Å²) in [6.07, 6.45) is 0.817. The Balaban J connectivity index is 2.10. The summed E-state index contributed by atoms with van der Waals surface area (Å²) in [4.78, 5) is 13.9. The molecule has 2 rings (SSSR count). The first-order valence-corrected chi connectivity index (χ1v) is 9.55. The number of ether oxygens (including phenoxy) is 1. The van der Waals surface area contributed by atoms with Gasteiger partial charge in [0.2, 0.25) is 0 Å². The zero-order valence-electron chi connectivity index (χ0n) is 15.1. The fraction of sp³-hybridized carbons (Fsp3) is 0.500. The van der Waals surface area contributed by atoms with E-state index in [0.717, 1.165) is 5.56 Å². The van der Waals surface area contributed by atoms with Gasteiger partial charge in [-0.2, -0.15) is 8.42 Å². The fourth-order valence-corrected chi connectivity index (χ4v) is 3.67. The molecule has 0 N–H and O–H groups in total. The van der Waals surface area contributed by atoms with Crippen molar-refractivity contribution in [2.24, 2.45) is 0 Å². The van der Waals surface area contributed by atoms with E-state index in [1.165, 1.54) is 17.0 Å². The molecule has 0 spiro atoms. The summed E-state index contributed by atoms with van der Waals surface area (Å²) >= 11 is 0. The zero-order chi connectivity index (χ0) is 18.8. The third kappa shape index (κ3) is 5.06. The molecule has 2 atom stereocenters. The summed E-state index contributed by atoms with van der Waals surface area (Å²) in [5.41, 5.74) is 0.332. The summed E-state index contributed by atoms with van der Waals surface area (Å²) in [6.45, 7) is 11.1. The molecule has 1 aliphatic rings. The molecule has 0 aliphatic carbocycles. The Morgan fingerprint density at radius 3 is 2.40 bits per heavy atom. The maximum absolute atomic E-state index is 12.4. The molecule has 0 bridgehead atoms. The average Bonchev–Trinajstić information content (AvgIpc) is 2.88. The quantitative estimate of drug-likeness (QED) is 0.603. The van der Waals surface area contributed by atoms with Crippen molar-refractivity contribution in [3.8, 4) is 0 Å². The molecule has 0 radical (unpaired) electrons. The van der Waals surface area contributed by atoms with E-state index in [-0.39, 0.29) is 17.5 Å². The normalized spacial score (nSPS) is 21.2. The van der Waals surface area contributed by atoms with Crippen LogP contribution in [0, 0.1) is 6.92 Å². The van der Waals surface area contributed by atoms with Crippen LogP contribution >= 0.6 is 0 Å². The minimum Gasteiger partial charge on any atom is -0.444 e. The van der Waals surface area contributed by atoms with Crippen LogP contribution in [-0.2, 0) is 19.0 Å². The third-order valence-electron chi connectivity index (χ3n) is 3.78. The lowest BCUT2D eigenvalue weighted by Crippen LogP contribution is -2.39. The van der Waals surface area contributed by atoms with Gasteiger partial charge in [0.25, 0.3) is 10.1 Å². The van der Waals surface area contributed by atoms with Crippen LogP contribution in [0.25, 0.3) is 0 Å². The van der Waals surface area contributed by atoms with Gasteiger partial charge in [0, 0.05) is 6.42 Å². The number of amides is 1. The van der Waals surface area contributed by atoms with E-state index in [1.807, 2.05) is 6.92 Å². The molecule has 1 aliphatic heterocycles. The highest BCUT2D eigenvalue weighted by molar-refractivity contribution is 7.86. The van der Waals surface area contributed by atoms with Gasteiger partial charge in [-0.05, 0) is 39.8 Å². The van der Waals surface area contributed by atoms with Gasteiger partial charge in [-0.3, -0.25) is 9.08 Å². The number of likely N-dealkylation sites (tertiary alicyclic amines) is 1. The number of nitrogens with zero attached hydrogens (tertiary/aromatic N) is 1. The van der Waals surface area contributed by atoms with E-state index in [4.69, 9.17) is 8.92 Å². The van der Waals surface area contributed by atoms with Crippen molar-refractivity contribution in [3.63, 3.8) is 0 Å². The van der Waals surface area contributed by atoms with Crippen LogP contribution < -0.4 is 0 Å². The average molecular weight is 367 g/mol. The second-order valence-corrected chi connectivity index (χ2v) is 8.73. The van der Waals surface area contributed by atoms with Gasteiger partial charge < -0.3 is 4.74 Å². The largest absolute Gasteiger partial charge is 0.444 e. The lowest BCUT2D eigenvalue weighted by molar-refractivity contribution is 0.0240. The van der Waals surface area contributed by atoms with E-state index in [9.17, 15) is 13.2 Å². The predicted molar refractivity (Wildman–Crippen MR) is 94.8 cm³/mol. The number of hydrogen-bond donors (Lipinski definition) is 0. The van der Waals surface area contributed by atoms with Crippen LogP contribution in [-0.4, -0.2) is 43.7 Å². The molecule has 1 fully saturated rings. The molecule has 1 amide bonds.